The molecule has 2 heterocycles. The summed E-state index contributed by atoms with van der Waals surface area (Å²) in [7, 11) is 0. The predicted octanol–water partition coefficient (Wildman–Crippen LogP) is 2.57. The normalized spacial score (nSPS) is 10.8. The fraction of sp³-hybridized carbons (Fsp3) is 0.222. The van der Waals surface area contributed by atoms with Crippen molar-refractivity contribution in [2.75, 3.05) is 6.54 Å². The van der Waals surface area contributed by atoms with E-state index >= 15 is 0 Å². The average Bonchev–Trinajstić information content (AvgIpc) is 2.95. The van der Waals surface area contributed by atoms with Crippen LogP contribution in [-0.4, -0.2) is 26.9 Å². The zero-order valence-electron chi connectivity index (χ0n) is 13.0. The van der Waals surface area contributed by atoms with Gasteiger partial charge < -0.3 is 10.4 Å². The monoisotopic (exact) mass is 309 g/mol. The Morgan fingerprint density at radius 2 is 2.00 bits per heavy atom. The maximum Gasteiger partial charge on any atom is 0.270 e. The van der Waals surface area contributed by atoms with Crippen LogP contribution in [0.3, 0.4) is 0 Å². The number of benzene rings is 1. The van der Waals surface area contributed by atoms with Crippen LogP contribution in [-0.2, 0) is 12.8 Å². The number of aromatic nitrogens is 2. The average molecular weight is 309 g/mol. The number of hydrogen-bond donors (Lipinski definition) is 2. The van der Waals surface area contributed by atoms with Crippen LogP contribution in [0.2, 0.25) is 0 Å². The molecule has 3 rings (SSSR count). The van der Waals surface area contributed by atoms with Gasteiger partial charge in [0, 0.05) is 12.7 Å². The molecule has 23 heavy (non-hydrogen) atoms. The van der Waals surface area contributed by atoms with Crippen LogP contribution in [0.1, 0.15) is 28.7 Å². The Morgan fingerprint density at radius 3 is 2.74 bits per heavy atom. The second-order valence-corrected chi connectivity index (χ2v) is 5.36. The van der Waals surface area contributed by atoms with Crippen LogP contribution < -0.4 is 5.32 Å². The van der Waals surface area contributed by atoms with Gasteiger partial charge in [0.2, 0.25) is 0 Å². The van der Waals surface area contributed by atoms with E-state index in [1.165, 1.54) is 0 Å². The molecule has 118 valence electrons. The Balaban J connectivity index is 1.72. The molecule has 0 atom stereocenters. The van der Waals surface area contributed by atoms with Gasteiger partial charge >= 0.3 is 0 Å². The van der Waals surface area contributed by atoms with Gasteiger partial charge in [0.05, 0.1) is 5.69 Å². The van der Waals surface area contributed by atoms with Gasteiger partial charge in [-0.15, -0.1) is 0 Å². The predicted molar refractivity (Wildman–Crippen MR) is 88.7 cm³/mol. The summed E-state index contributed by atoms with van der Waals surface area (Å²) in [6.07, 6.45) is 3.28. The number of amides is 1. The van der Waals surface area contributed by atoms with Gasteiger partial charge in [0.15, 0.2) is 0 Å². The molecule has 2 aromatic heterocycles. The van der Waals surface area contributed by atoms with Crippen LogP contribution >= 0.6 is 0 Å². The van der Waals surface area contributed by atoms with Gasteiger partial charge in [-0.1, -0.05) is 25.1 Å². The summed E-state index contributed by atoms with van der Waals surface area (Å²) in [5, 5.41) is 12.2. The SMILES string of the molecule is CCc1nc2ccccn2c1C(=O)NCCc1ccc(O)cc1. The number of aryl methyl sites for hydroxylation is 1. The highest BCUT2D eigenvalue weighted by Gasteiger charge is 2.17. The lowest BCUT2D eigenvalue weighted by Gasteiger charge is -2.07. The maximum atomic E-state index is 12.5. The largest absolute Gasteiger partial charge is 0.508 e. The molecule has 0 spiro atoms. The number of phenolic OH excluding ortho intramolecular Hbond substituents is 1. The second-order valence-electron chi connectivity index (χ2n) is 5.36. The Hall–Kier alpha value is -2.82. The number of imidazole rings is 1. The van der Waals surface area contributed by atoms with Crippen LogP contribution in [0.5, 0.6) is 5.75 Å². The molecule has 1 aromatic carbocycles. The standard InChI is InChI=1S/C18H19N3O2/c1-2-15-17(21-12-4-3-5-16(21)20-15)18(23)19-11-10-13-6-8-14(22)9-7-13/h3-9,12,22H,2,10-11H2,1H3,(H,19,23). The van der Waals surface area contributed by atoms with Gasteiger partial charge in [-0.25, -0.2) is 4.98 Å². The Labute approximate surface area is 134 Å². The van der Waals surface area contributed by atoms with Crippen LogP contribution in [0.15, 0.2) is 48.7 Å². The summed E-state index contributed by atoms with van der Waals surface area (Å²) >= 11 is 0. The van der Waals surface area contributed by atoms with Crippen molar-refractivity contribution in [3.05, 3.63) is 65.6 Å². The molecule has 0 saturated heterocycles. The van der Waals surface area contributed by atoms with Crippen molar-refractivity contribution in [3.8, 4) is 5.75 Å². The van der Waals surface area contributed by atoms with Crippen molar-refractivity contribution in [1.82, 2.24) is 14.7 Å². The zero-order chi connectivity index (χ0) is 16.2. The Morgan fingerprint density at radius 1 is 1.22 bits per heavy atom. The first kappa shape index (κ1) is 15.1. The minimum atomic E-state index is -0.112. The molecule has 5 heteroatoms. The molecule has 0 bridgehead atoms. The molecule has 0 aliphatic rings. The molecule has 0 radical (unpaired) electrons. The van der Waals surface area contributed by atoms with Crippen molar-refractivity contribution in [3.63, 3.8) is 0 Å². The van der Waals surface area contributed by atoms with E-state index in [9.17, 15) is 9.90 Å². The van der Waals surface area contributed by atoms with Crippen molar-refractivity contribution < 1.29 is 9.90 Å². The highest BCUT2D eigenvalue weighted by atomic mass is 16.3. The van der Waals surface area contributed by atoms with E-state index in [4.69, 9.17) is 0 Å². The summed E-state index contributed by atoms with van der Waals surface area (Å²) in [4.78, 5) is 17.0. The van der Waals surface area contributed by atoms with Gasteiger partial charge in [-0.05, 0) is 42.7 Å². The lowest BCUT2D eigenvalue weighted by molar-refractivity contribution is 0.0947. The number of rotatable bonds is 5. The molecule has 0 saturated carbocycles. The summed E-state index contributed by atoms with van der Waals surface area (Å²) in [6.45, 7) is 2.53. The lowest BCUT2D eigenvalue weighted by Crippen LogP contribution is -2.27. The van der Waals surface area contributed by atoms with Crippen LogP contribution in [0.4, 0.5) is 0 Å². The summed E-state index contributed by atoms with van der Waals surface area (Å²) in [6, 6.07) is 12.7. The van der Waals surface area contributed by atoms with Crippen LogP contribution in [0, 0.1) is 0 Å². The number of phenols is 1. The summed E-state index contributed by atoms with van der Waals surface area (Å²) in [5.41, 5.74) is 3.26. The van der Waals surface area contributed by atoms with Crippen LogP contribution in [0.25, 0.3) is 5.65 Å². The molecule has 0 aliphatic heterocycles. The Bertz CT molecular complexity index is 822. The van der Waals surface area contributed by atoms with Crippen molar-refractivity contribution in [2.24, 2.45) is 0 Å². The maximum absolute atomic E-state index is 12.5. The third kappa shape index (κ3) is 3.18. The van der Waals surface area contributed by atoms with Crippen molar-refractivity contribution in [2.45, 2.75) is 19.8 Å². The smallest absolute Gasteiger partial charge is 0.270 e. The quantitative estimate of drug-likeness (QED) is 0.761. The third-order valence-corrected chi connectivity index (χ3v) is 3.79. The molecular weight excluding hydrogens is 290 g/mol. The van der Waals surface area contributed by atoms with E-state index in [-0.39, 0.29) is 11.7 Å². The summed E-state index contributed by atoms with van der Waals surface area (Å²) in [5.74, 6) is 0.135. The van der Waals surface area contributed by atoms with E-state index in [1.54, 1.807) is 12.1 Å². The van der Waals surface area contributed by atoms with Gasteiger partial charge in [0.25, 0.3) is 5.91 Å². The Kier molecular flexibility index (Phi) is 4.28. The van der Waals surface area contributed by atoms with Crippen molar-refractivity contribution >= 4 is 11.6 Å². The fourth-order valence-electron chi connectivity index (χ4n) is 2.60. The zero-order valence-corrected chi connectivity index (χ0v) is 13.0. The highest BCUT2D eigenvalue weighted by molar-refractivity contribution is 5.94. The first-order valence-corrected chi connectivity index (χ1v) is 7.71. The van der Waals surface area contributed by atoms with Crippen molar-refractivity contribution in [1.29, 1.82) is 0 Å². The topological polar surface area (TPSA) is 66.6 Å². The molecule has 5 nitrogen and oxygen atoms in total. The summed E-state index contributed by atoms with van der Waals surface area (Å²) < 4.78 is 1.83. The first-order valence-electron chi connectivity index (χ1n) is 7.71. The van der Waals surface area contributed by atoms with E-state index in [0.717, 1.165) is 16.9 Å². The number of carbonyl (C=O) groups excluding carboxylic acids is 1. The molecule has 3 aromatic rings. The molecule has 1 amide bonds. The minimum Gasteiger partial charge on any atom is -0.508 e. The first-order chi connectivity index (χ1) is 11.2. The third-order valence-electron chi connectivity index (χ3n) is 3.79. The van der Waals surface area contributed by atoms with Gasteiger partial charge in [-0.3, -0.25) is 9.20 Å². The minimum absolute atomic E-state index is 0.112. The lowest BCUT2D eigenvalue weighted by atomic mass is 10.1. The number of carbonyl (C=O) groups is 1. The van der Waals surface area contributed by atoms with E-state index < -0.39 is 0 Å². The number of pyridine rings is 1. The fourth-order valence-corrected chi connectivity index (χ4v) is 2.60. The molecular formula is C18H19N3O2. The molecule has 0 unspecified atom stereocenters. The number of nitrogens with one attached hydrogen (secondary N) is 1. The van der Waals surface area contributed by atoms with Gasteiger partial charge in [0.1, 0.15) is 17.1 Å². The molecule has 0 fully saturated rings. The molecule has 0 aliphatic carbocycles. The van der Waals surface area contributed by atoms with E-state index in [2.05, 4.69) is 10.3 Å². The van der Waals surface area contributed by atoms with E-state index in [1.807, 2.05) is 47.9 Å². The molecule has 2 N–H and O–H groups in total. The van der Waals surface area contributed by atoms with E-state index in [0.29, 0.717) is 25.1 Å². The number of aromatic hydroxyl groups is 1. The number of fused-ring (bicyclic) bond motifs is 1. The second kappa shape index (κ2) is 6.52. The highest BCUT2D eigenvalue weighted by Crippen LogP contribution is 2.13. The number of hydrogen-bond acceptors (Lipinski definition) is 3. The van der Waals surface area contributed by atoms with Gasteiger partial charge in [-0.2, -0.15) is 0 Å². The number of nitrogens with zero attached hydrogens (tertiary/aromatic N) is 2.